The van der Waals surface area contributed by atoms with Crippen LogP contribution in [0.3, 0.4) is 0 Å². The van der Waals surface area contributed by atoms with Crippen LogP contribution in [0.2, 0.25) is 0 Å². The molecule has 3 rings (SSSR count). The summed E-state index contributed by atoms with van der Waals surface area (Å²) in [4.78, 5) is 24.8. The van der Waals surface area contributed by atoms with Crippen molar-refractivity contribution >= 4 is 39.0 Å². The summed E-state index contributed by atoms with van der Waals surface area (Å²) in [6, 6.07) is 15.4. The smallest absolute Gasteiger partial charge is 0.350 e. The number of hydrogen-bond acceptors (Lipinski definition) is 4. The third-order valence-corrected chi connectivity index (χ3v) is 4.87. The lowest BCUT2D eigenvalue weighted by Gasteiger charge is -2.07. The first-order valence-electron chi connectivity index (χ1n) is 7.53. The van der Waals surface area contributed by atoms with Crippen LogP contribution in [0.1, 0.15) is 20.8 Å². The maximum atomic E-state index is 12.4. The highest BCUT2D eigenvalue weighted by atomic mass is 32.1. The van der Waals surface area contributed by atoms with Gasteiger partial charge >= 0.3 is 5.97 Å². The van der Waals surface area contributed by atoms with Crippen LogP contribution in [0.15, 0.2) is 48.5 Å². The molecular weight excluding hydrogens is 322 g/mol. The Labute approximate surface area is 144 Å². The van der Waals surface area contributed by atoms with E-state index in [0.717, 1.165) is 21.2 Å². The minimum Gasteiger partial charge on any atom is -0.465 e. The molecule has 0 saturated carbocycles. The van der Waals surface area contributed by atoms with Crippen LogP contribution in [0, 0.1) is 6.92 Å². The van der Waals surface area contributed by atoms with Gasteiger partial charge in [0.1, 0.15) is 4.88 Å². The number of carbonyl (C=O) groups is 2. The predicted octanol–water partition coefficient (Wildman–Crippen LogP) is 4.18. The monoisotopic (exact) mass is 339 g/mol. The third-order valence-electron chi connectivity index (χ3n) is 3.72. The highest BCUT2D eigenvalue weighted by Gasteiger charge is 2.20. The van der Waals surface area contributed by atoms with E-state index in [4.69, 9.17) is 4.74 Å². The van der Waals surface area contributed by atoms with Gasteiger partial charge in [-0.05, 0) is 18.6 Å². The SMILES string of the molecule is COC(=O)c1sc2ccccc2c1NC(=O)Cc1ccc(C)cc1. The number of carbonyl (C=O) groups excluding carboxylic acids is 2. The predicted molar refractivity (Wildman–Crippen MR) is 96.7 cm³/mol. The quantitative estimate of drug-likeness (QED) is 0.726. The fourth-order valence-corrected chi connectivity index (χ4v) is 3.56. The van der Waals surface area contributed by atoms with Gasteiger partial charge in [-0.2, -0.15) is 0 Å². The molecule has 0 aliphatic heterocycles. The summed E-state index contributed by atoms with van der Waals surface area (Å²) in [5, 5.41) is 3.73. The van der Waals surface area contributed by atoms with E-state index in [0.29, 0.717) is 10.6 Å². The van der Waals surface area contributed by atoms with Gasteiger partial charge in [-0.3, -0.25) is 4.79 Å². The van der Waals surface area contributed by atoms with Crippen molar-refractivity contribution in [3.63, 3.8) is 0 Å². The molecule has 0 aliphatic carbocycles. The van der Waals surface area contributed by atoms with Gasteiger partial charge in [0.25, 0.3) is 0 Å². The molecule has 4 nitrogen and oxygen atoms in total. The molecule has 3 aromatic rings. The molecule has 5 heteroatoms. The minimum atomic E-state index is -0.443. The molecule has 0 bridgehead atoms. The Kier molecular flexibility index (Phi) is 4.62. The van der Waals surface area contributed by atoms with Crippen LogP contribution >= 0.6 is 11.3 Å². The molecule has 0 aliphatic rings. The van der Waals surface area contributed by atoms with Crippen molar-refractivity contribution in [3.05, 3.63) is 64.5 Å². The van der Waals surface area contributed by atoms with Crippen molar-refractivity contribution in [1.29, 1.82) is 0 Å². The van der Waals surface area contributed by atoms with Crippen LogP contribution in [-0.2, 0) is 16.0 Å². The number of aryl methyl sites for hydroxylation is 1. The Balaban J connectivity index is 1.89. The lowest BCUT2D eigenvalue weighted by atomic mass is 10.1. The number of rotatable bonds is 4. The molecule has 122 valence electrons. The van der Waals surface area contributed by atoms with Crippen molar-refractivity contribution in [2.45, 2.75) is 13.3 Å². The van der Waals surface area contributed by atoms with Crippen molar-refractivity contribution in [2.24, 2.45) is 0 Å². The first-order valence-corrected chi connectivity index (χ1v) is 8.35. The Morgan fingerprint density at radius 3 is 2.50 bits per heavy atom. The Hall–Kier alpha value is -2.66. The van der Waals surface area contributed by atoms with E-state index in [-0.39, 0.29) is 12.3 Å². The summed E-state index contributed by atoms with van der Waals surface area (Å²) in [5.74, 6) is -0.602. The number of benzene rings is 2. The summed E-state index contributed by atoms with van der Waals surface area (Å²) in [7, 11) is 1.34. The summed E-state index contributed by atoms with van der Waals surface area (Å²) < 4.78 is 5.77. The lowest BCUT2D eigenvalue weighted by Crippen LogP contribution is -2.16. The highest BCUT2D eigenvalue weighted by molar-refractivity contribution is 7.21. The van der Waals surface area contributed by atoms with E-state index in [2.05, 4.69) is 5.32 Å². The lowest BCUT2D eigenvalue weighted by molar-refractivity contribution is -0.115. The molecule has 1 heterocycles. The number of methoxy groups -OCH3 is 1. The number of hydrogen-bond donors (Lipinski definition) is 1. The number of anilines is 1. The number of nitrogens with one attached hydrogen (secondary N) is 1. The van der Waals surface area contributed by atoms with Gasteiger partial charge in [-0.25, -0.2) is 4.79 Å². The van der Waals surface area contributed by atoms with Gasteiger partial charge in [0.2, 0.25) is 5.91 Å². The third kappa shape index (κ3) is 3.31. The normalized spacial score (nSPS) is 10.6. The average Bonchev–Trinajstić information content (AvgIpc) is 2.95. The molecule has 0 fully saturated rings. The topological polar surface area (TPSA) is 55.4 Å². The van der Waals surface area contributed by atoms with E-state index in [9.17, 15) is 9.59 Å². The molecule has 1 N–H and O–H groups in total. The van der Waals surface area contributed by atoms with E-state index in [1.807, 2.05) is 55.5 Å². The fraction of sp³-hybridized carbons (Fsp3) is 0.158. The molecule has 2 aromatic carbocycles. The van der Waals surface area contributed by atoms with Gasteiger partial charge in [-0.15, -0.1) is 11.3 Å². The van der Waals surface area contributed by atoms with Crippen molar-refractivity contribution in [1.82, 2.24) is 0 Å². The molecule has 0 saturated heterocycles. The second kappa shape index (κ2) is 6.84. The van der Waals surface area contributed by atoms with Crippen molar-refractivity contribution in [3.8, 4) is 0 Å². The molecule has 24 heavy (non-hydrogen) atoms. The number of ether oxygens (including phenoxy) is 1. The largest absolute Gasteiger partial charge is 0.465 e. The second-order valence-electron chi connectivity index (χ2n) is 5.50. The molecule has 1 amide bonds. The number of esters is 1. The first kappa shape index (κ1) is 16.2. The van der Waals surface area contributed by atoms with Crippen LogP contribution in [0.4, 0.5) is 5.69 Å². The highest BCUT2D eigenvalue weighted by Crippen LogP contribution is 2.36. The van der Waals surface area contributed by atoms with Gasteiger partial charge < -0.3 is 10.1 Å². The zero-order chi connectivity index (χ0) is 17.1. The average molecular weight is 339 g/mol. The number of fused-ring (bicyclic) bond motifs is 1. The maximum Gasteiger partial charge on any atom is 0.350 e. The van der Waals surface area contributed by atoms with Gasteiger partial charge in [-0.1, -0.05) is 48.0 Å². The Bertz CT molecular complexity index is 897. The summed E-state index contributed by atoms with van der Waals surface area (Å²) >= 11 is 1.32. The summed E-state index contributed by atoms with van der Waals surface area (Å²) in [6.07, 6.45) is 0.255. The van der Waals surface area contributed by atoms with E-state index in [1.165, 1.54) is 18.4 Å². The van der Waals surface area contributed by atoms with Crippen LogP contribution < -0.4 is 5.32 Å². The standard InChI is InChI=1S/C19H17NO3S/c1-12-7-9-13(10-8-12)11-16(21)20-17-14-5-3-4-6-15(14)24-18(17)19(22)23-2/h3-10H,11H2,1-2H3,(H,20,21). The van der Waals surface area contributed by atoms with Crippen molar-refractivity contribution in [2.75, 3.05) is 12.4 Å². The van der Waals surface area contributed by atoms with Crippen LogP contribution in [-0.4, -0.2) is 19.0 Å². The Morgan fingerprint density at radius 1 is 1.08 bits per heavy atom. The van der Waals surface area contributed by atoms with Gasteiger partial charge in [0.15, 0.2) is 0 Å². The summed E-state index contributed by atoms with van der Waals surface area (Å²) in [6.45, 7) is 2.00. The van der Waals surface area contributed by atoms with E-state index >= 15 is 0 Å². The molecule has 0 spiro atoms. The second-order valence-corrected chi connectivity index (χ2v) is 6.56. The first-order chi connectivity index (χ1) is 11.6. The zero-order valence-electron chi connectivity index (χ0n) is 13.5. The molecular formula is C19H17NO3S. The van der Waals surface area contributed by atoms with Crippen LogP contribution in [0.25, 0.3) is 10.1 Å². The number of amides is 1. The van der Waals surface area contributed by atoms with E-state index in [1.54, 1.807) is 0 Å². The molecule has 0 atom stereocenters. The van der Waals surface area contributed by atoms with Crippen molar-refractivity contribution < 1.29 is 14.3 Å². The minimum absolute atomic E-state index is 0.160. The molecule has 0 radical (unpaired) electrons. The van der Waals surface area contributed by atoms with Crippen LogP contribution in [0.5, 0.6) is 0 Å². The Morgan fingerprint density at radius 2 is 1.79 bits per heavy atom. The van der Waals surface area contributed by atoms with Gasteiger partial charge in [0.05, 0.1) is 19.2 Å². The van der Waals surface area contributed by atoms with Gasteiger partial charge in [0, 0.05) is 10.1 Å². The fourth-order valence-electron chi connectivity index (χ4n) is 2.48. The maximum absolute atomic E-state index is 12.4. The molecule has 1 aromatic heterocycles. The number of thiophene rings is 1. The summed E-state index contributed by atoms with van der Waals surface area (Å²) in [5.41, 5.74) is 2.60. The molecule has 0 unspecified atom stereocenters. The van der Waals surface area contributed by atoms with E-state index < -0.39 is 5.97 Å². The zero-order valence-corrected chi connectivity index (χ0v) is 14.3.